The Hall–Kier alpha value is -1.29. The number of ketones is 1. The predicted molar refractivity (Wildman–Crippen MR) is 92.5 cm³/mol. The van der Waals surface area contributed by atoms with Gasteiger partial charge >= 0.3 is 0 Å². The molecular formula is C17H24N2OS. The van der Waals surface area contributed by atoms with Crippen LogP contribution in [-0.4, -0.2) is 22.8 Å². The summed E-state index contributed by atoms with van der Waals surface area (Å²) in [7, 11) is 0. The smallest absolute Gasteiger partial charge is 0.155 e. The van der Waals surface area contributed by atoms with Gasteiger partial charge in [0.15, 0.2) is 5.78 Å². The molecular weight excluding hydrogens is 280 g/mol. The molecule has 0 aromatic heterocycles. The molecule has 1 aromatic carbocycles. The molecule has 114 valence electrons. The van der Waals surface area contributed by atoms with Gasteiger partial charge in [-0.25, -0.2) is 0 Å². The van der Waals surface area contributed by atoms with E-state index < -0.39 is 0 Å². The Morgan fingerprint density at radius 1 is 1.33 bits per heavy atom. The van der Waals surface area contributed by atoms with E-state index in [-0.39, 0.29) is 17.1 Å². The Kier molecular flexibility index (Phi) is 5.09. The van der Waals surface area contributed by atoms with Crippen molar-refractivity contribution in [2.75, 3.05) is 12.3 Å². The summed E-state index contributed by atoms with van der Waals surface area (Å²) >= 11 is 4.40. The fourth-order valence-electron chi connectivity index (χ4n) is 2.73. The van der Waals surface area contributed by atoms with E-state index in [0.717, 1.165) is 37.1 Å². The molecule has 1 aliphatic carbocycles. The number of anilines is 1. The van der Waals surface area contributed by atoms with Gasteiger partial charge in [-0.3, -0.25) is 9.79 Å². The topological polar surface area (TPSA) is 55.5 Å². The number of nitrogen functional groups attached to an aromatic ring is 1. The average molecular weight is 304 g/mol. The predicted octanol–water partition coefficient (Wildman–Crippen LogP) is 3.45. The monoisotopic (exact) mass is 304 g/mol. The number of nitrogens with zero attached hydrogens (tertiary/aromatic N) is 1. The fraction of sp³-hybridized carbons (Fsp3) is 0.529. The number of thiol groups is 1. The molecule has 0 atom stereocenters. The molecule has 0 aliphatic heterocycles. The number of fused-ring (bicyclic) bond motifs is 1. The first-order chi connectivity index (χ1) is 9.85. The number of hydrogen-bond donors (Lipinski definition) is 2. The largest absolute Gasteiger partial charge is 0.399 e. The second-order valence-corrected chi connectivity index (χ2v) is 7.63. The Labute approximate surface area is 132 Å². The van der Waals surface area contributed by atoms with E-state index in [2.05, 4.69) is 17.6 Å². The van der Waals surface area contributed by atoms with Gasteiger partial charge in [0, 0.05) is 22.6 Å². The van der Waals surface area contributed by atoms with Crippen LogP contribution >= 0.6 is 12.6 Å². The van der Waals surface area contributed by atoms with Gasteiger partial charge in [-0.1, -0.05) is 19.9 Å². The first-order valence-electron chi connectivity index (χ1n) is 7.51. The first-order valence-corrected chi connectivity index (χ1v) is 7.96. The van der Waals surface area contributed by atoms with Crippen LogP contribution in [0.5, 0.6) is 0 Å². The van der Waals surface area contributed by atoms with Crippen LogP contribution in [0.3, 0.4) is 0 Å². The highest BCUT2D eigenvalue weighted by molar-refractivity contribution is 7.81. The standard InChI is InChI=1S/C17H24N2OS/c1-17(2,21)10-14(20)11-19-16-6-4-3-5-12-9-13(18)7-8-15(12)16/h7-9,21H,3-6,10-11,18H2,1-2H3. The first kappa shape index (κ1) is 16.1. The summed E-state index contributed by atoms with van der Waals surface area (Å²) in [6, 6.07) is 6.00. The van der Waals surface area contributed by atoms with E-state index >= 15 is 0 Å². The van der Waals surface area contributed by atoms with Crippen LogP contribution in [-0.2, 0) is 11.2 Å². The lowest BCUT2D eigenvalue weighted by Gasteiger charge is -2.15. The van der Waals surface area contributed by atoms with E-state index in [9.17, 15) is 4.79 Å². The number of aryl methyl sites for hydroxylation is 1. The minimum Gasteiger partial charge on any atom is -0.399 e. The van der Waals surface area contributed by atoms with Crippen LogP contribution in [0, 0.1) is 0 Å². The van der Waals surface area contributed by atoms with Crippen LogP contribution in [0.15, 0.2) is 23.2 Å². The Bertz CT molecular complexity index is 558. The van der Waals surface area contributed by atoms with Gasteiger partial charge in [-0.05, 0) is 48.9 Å². The number of carbonyl (C=O) groups excluding carboxylic acids is 1. The van der Waals surface area contributed by atoms with Gasteiger partial charge in [0.1, 0.15) is 0 Å². The Morgan fingerprint density at radius 3 is 2.76 bits per heavy atom. The molecule has 0 amide bonds. The lowest BCUT2D eigenvalue weighted by atomic mass is 10.0. The van der Waals surface area contributed by atoms with Crippen LogP contribution in [0.4, 0.5) is 5.69 Å². The normalized spacial score (nSPS) is 17.4. The quantitative estimate of drug-likeness (QED) is 0.508. The summed E-state index contributed by atoms with van der Waals surface area (Å²) in [5.41, 5.74) is 10.1. The van der Waals surface area contributed by atoms with Gasteiger partial charge in [0.2, 0.25) is 0 Å². The van der Waals surface area contributed by atoms with Crippen molar-refractivity contribution < 1.29 is 4.79 Å². The summed E-state index contributed by atoms with van der Waals surface area (Å²) in [5.74, 6) is 0.142. The Balaban J connectivity index is 2.16. The summed E-state index contributed by atoms with van der Waals surface area (Å²) in [6.07, 6.45) is 4.68. The minimum atomic E-state index is -0.271. The van der Waals surface area contributed by atoms with E-state index in [1.807, 2.05) is 32.0 Å². The van der Waals surface area contributed by atoms with Crippen molar-refractivity contribution in [2.24, 2.45) is 4.99 Å². The molecule has 0 saturated carbocycles. The number of nitrogens with two attached hydrogens (primary N) is 1. The Morgan fingerprint density at radius 2 is 2.05 bits per heavy atom. The zero-order valence-corrected chi connectivity index (χ0v) is 13.7. The highest BCUT2D eigenvalue weighted by atomic mass is 32.1. The maximum Gasteiger partial charge on any atom is 0.155 e. The van der Waals surface area contributed by atoms with Crippen LogP contribution in [0.2, 0.25) is 0 Å². The molecule has 0 heterocycles. The van der Waals surface area contributed by atoms with E-state index in [1.54, 1.807) is 0 Å². The van der Waals surface area contributed by atoms with Crippen LogP contribution in [0.25, 0.3) is 0 Å². The van der Waals surface area contributed by atoms with E-state index in [0.29, 0.717) is 6.42 Å². The van der Waals surface area contributed by atoms with Gasteiger partial charge in [0.25, 0.3) is 0 Å². The number of rotatable bonds is 4. The summed E-state index contributed by atoms with van der Waals surface area (Å²) in [6.45, 7) is 4.15. The molecule has 0 spiro atoms. The second-order valence-electron chi connectivity index (χ2n) is 6.41. The molecule has 3 nitrogen and oxygen atoms in total. The SMILES string of the molecule is CC(C)(S)CC(=O)CN=C1CCCCc2cc(N)ccc21. The molecule has 1 aliphatic rings. The third-order valence-corrected chi connectivity index (χ3v) is 3.78. The van der Waals surface area contributed by atoms with Crippen molar-refractivity contribution in [2.45, 2.75) is 50.7 Å². The zero-order valence-electron chi connectivity index (χ0n) is 12.9. The van der Waals surface area contributed by atoms with E-state index in [4.69, 9.17) is 5.73 Å². The van der Waals surface area contributed by atoms with Gasteiger partial charge in [-0.2, -0.15) is 12.6 Å². The molecule has 1 aromatic rings. The van der Waals surface area contributed by atoms with Crippen LogP contribution < -0.4 is 5.73 Å². The molecule has 0 bridgehead atoms. The fourth-order valence-corrected chi connectivity index (χ4v) is 2.91. The summed E-state index contributed by atoms with van der Waals surface area (Å²) in [5, 5.41) is 0. The van der Waals surface area contributed by atoms with Gasteiger partial charge < -0.3 is 5.73 Å². The maximum atomic E-state index is 12.0. The molecule has 2 N–H and O–H groups in total. The third kappa shape index (κ3) is 4.88. The molecule has 0 unspecified atom stereocenters. The molecule has 0 radical (unpaired) electrons. The van der Waals surface area contributed by atoms with Gasteiger partial charge in [0.05, 0.1) is 6.54 Å². The number of hydrogen-bond acceptors (Lipinski definition) is 4. The lowest BCUT2D eigenvalue weighted by molar-refractivity contribution is -0.118. The number of carbonyl (C=O) groups is 1. The van der Waals surface area contributed by atoms with Crippen molar-refractivity contribution in [3.63, 3.8) is 0 Å². The average Bonchev–Trinajstić information content (AvgIpc) is 2.56. The second kappa shape index (κ2) is 6.65. The van der Waals surface area contributed by atoms with E-state index in [1.165, 1.54) is 11.1 Å². The third-order valence-electron chi connectivity index (χ3n) is 3.63. The number of benzene rings is 1. The highest BCUT2D eigenvalue weighted by Gasteiger charge is 2.18. The van der Waals surface area contributed by atoms with Crippen molar-refractivity contribution in [3.05, 3.63) is 29.3 Å². The molecule has 4 heteroatoms. The highest BCUT2D eigenvalue weighted by Crippen LogP contribution is 2.23. The zero-order chi connectivity index (χ0) is 15.5. The number of Topliss-reactive ketones (excluding diaryl/α,β-unsaturated/α-hetero) is 1. The van der Waals surface area contributed by atoms with Crippen molar-refractivity contribution >= 4 is 29.8 Å². The van der Waals surface area contributed by atoms with Crippen molar-refractivity contribution in [1.29, 1.82) is 0 Å². The molecule has 2 rings (SSSR count). The number of aliphatic imine (C=N–C) groups is 1. The van der Waals surface area contributed by atoms with Gasteiger partial charge in [-0.15, -0.1) is 0 Å². The lowest BCUT2D eigenvalue weighted by Crippen LogP contribution is -2.19. The summed E-state index contributed by atoms with van der Waals surface area (Å²) < 4.78 is -0.271. The summed E-state index contributed by atoms with van der Waals surface area (Å²) in [4.78, 5) is 16.6. The van der Waals surface area contributed by atoms with Crippen molar-refractivity contribution in [1.82, 2.24) is 0 Å². The maximum absolute atomic E-state index is 12.0. The van der Waals surface area contributed by atoms with Crippen molar-refractivity contribution in [3.8, 4) is 0 Å². The van der Waals surface area contributed by atoms with Crippen LogP contribution in [0.1, 0.15) is 50.7 Å². The molecule has 21 heavy (non-hydrogen) atoms. The molecule has 0 fully saturated rings. The minimum absolute atomic E-state index is 0.142. The molecule has 0 saturated heterocycles.